The standard InChI is InChI=1S/C18H18BrClN2O3/c1-3-25-18-15(19)8-13(9-16(18)24-2)11-21-22-17(23)10-12-4-6-14(20)7-5-12/h4-9,11H,3,10H2,1-2H3,(H,22,23)/b21-11-. The Hall–Kier alpha value is -2.05. The molecule has 0 radical (unpaired) electrons. The van der Waals surface area contributed by atoms with E-state index in [-0.39, 0.29) is 12.3 Å². The van der Waals surface area contributed by atoms with Crippen LogP contribution in [0.1, 0.15) is 18.1 Å². The van der Waals surface area contributed by atoms with Gasteiger partial charge in [-0.2, -0.15) is 5.10 Å². The maximum atomic E-state index is 11.9. The fourth-order valence-corrected chi connectivity index (χ4v) is 2.80. The first-order chi connectivity index (χ1) is 12.0. The molecule has 25 heavy (non-hydrogen) atoms. The summed E-state index contributed by atoms with van der Waals surface area (Å²) in [6.07, 6.45) is 1.77. The molecule has 0 atom stereocenters. The molecular formula is C18H18BrClN2O3. The number of ether oxygens (including phenoxy) is 2. The molecule has 0 aliphatic rings. The van der Waals surface area contributed by atoms with Gasteiger partial charge in [-0.1, -0.05) is 23.7 Å². The second kappa shape index (κ2) is 9.44. The lowest BCUT2D eigenvalue weighted by atomic mass is 10.1. The molecule has 2 rings (SSSR count). The van der Waals surface area contributed by atoms with Crippen LogP contribution >= 0.6 is 27.5 Å². The summed E-state index contributed by atoms with van der Waals surface area (Å²) >= 11 is 9.27. The summed E-state index contributed by atoms with van der Waals surface area (Å²) in [5, 5.41) is 4.62. The van der Waals surface area contributed by atoms with Crippen LogP contribution in [0.5, 0.6) is 11.5 Å². The molecule has 0 spiro atoms. The smallest absolute Gasteiger partial charge is 0.244 e. The van der Waals surface area contributed by atoms with Crippen molar-refractivity contribution in [3.05, 3.63) is 57.0 Å². The zero-order valence-electron chi connectivity index (χ0n) is 13.9. The number of nitrogens with one attached hydrogen (secondary N) is 1. The molecule has 7 heteroatoms. The Morgan fingerprint density at radius 3 is 2.68 bits per heavy atom. The van der Waals surface area contributed by atoms with Crippen molar-refractivity contribution in [3.63, 3.8) is 0 Å². The molecule has 132 valence electrons. The lowest BCUT2D eigenvalue weighted by molar-refractivity contribution is -0.120. The third-order valence-electron chi connectivity index (χ3n) is 3.22. The van der Waals surface area contributed by atoms with E-state index < -0.39 is 0 Å². The number of nitrogens with zero attached hydrogens (tertiary/aromatic N) is 1. The third kappa shape index (κ3) is 5.76. The number of benzene rings is 2. The Labute approximate surface area is 160 Å². The summed E-state index contributed by atoms with van der Waals surface area (Å²) in [6.45, 7) is 2.43. The van der Waals surface area contributed by atoms with Gasteiger partial charge in [-0.3, -0.25) is 4.79 Å². The van der Waals surface area contributed by atoms with Gasteiger partial charge in [0.25, 0.3) is 0 Å². The minimum absolute atomic E-state index is 0.212. The molecule has 0 saturated carbocycles. The quantitative estimate of drug-likeness (QED) is 0.534. The first-order valence-electron chi connectivity index (χ1n) is 7.60. The largest absolute Gasteiger partial charge is 0.493 e. The number of methoxy groups -OCH3 is 1. The van der Waals surface area contributed by atoms with Gasteiger partial charge in [0.15, 0.2) is 11.5 Å². The molecule has 0 fully saturated rings. The van der Waals surface area contributed by atoms with Crippen LogP contribution in [-0.2, 0) is 11.2 Å². The van der Waals surface area contributed by atoms with E-state index in [1.807, 2.05) is 13.0 Å². The summed E-state index contributed by atoms with van der Waals surface area (Å²) in [6, 6.07) is 10.7. The SMILES string of the molecule is CCOc1c(Br)cc(/C=N\NC(=O)Cc2ccc(Cl)cc2)cc1OC. The average Bonchev–Trinajstić information content (AvgIpc) is 2.59. The first-order valence-corrected chi connectivity index (χ1v) is 8.77. The highest BCUT2D eigenvalue weighted by Crippen LogP contribution is 2.36. The van der Waals surface area contributed by atoms with Gasteiger partial charge in [-0.25, -0.2) is 5.43 Å². The van der Waals surface area contributed by atoms with Crippen LogP contribution in [-0.4, -0.2) is 25.8 Å². The number of rotatable bonds is 7. The van der Waals surface area contributed by atoms with Gasteiger partial charge in [0.2, 0.25) is 5.91 Å². The predicted octanol–water partition coefficient (Wildman–Crippen LogP) is 4.20. The van der Waals surface area contributed by atoms with Gasteiger partial charge in [-0.05, 0) is 58.2 Å². The van der Waals surface area contributed by atoms with Crippen molar-refractivity contribution >= 4 is 39.7 Å². The summed E-state index contributed by atoms with van der Waals surface area (Å²) in [5.74, 6) is 1.01. The highest BCUT2D eigenvalue weighted by Gasteiger charge is 2.10. The molecule has 0 aliphatic heterocycles. The van der Waals surface area contributed by atoms with Crippen LogP contribution in [0.3, 0.4) is 0 Å². The van der Waals surface area contributed by atoms with Crippen molar-refractivity contribution in [2.75, 3.05) is 13.7 Å². The van der Waals surface area contributed by atoms with Crippen molar-refractivity contribution in [2.45, 2.75) is 13.3 Å². The Morgan fingerprint density at radius 2 is 2.04 bits per heavy atom. The highest BCUT2D eigenvalue weighted by atomic mass is 79.9. The van der Waals surface area contributed by atoms with Crippen molar-refractivity contribution in [3.8, 4) is 11.5 Å². The molecule has 1 N–H and O–H groups in total. The Morgan fingerprint density at radius 1 is 1.32 bits per heavy atom. The second-order valence-electron chi connectivity index (χ2n) is 5.06. The van der Waals surface area contributed by atoms with E-state index in [9.17, 15) is 4.79 Å². The third-order valence-corrected chi connectivity index (χ3v) is 4.06. The van der Waals surface area contributed by atoms with Gasteiger partial charge in [0.05, 0.1) is 30.8 Å². The van der Waals surface area contributed by atoms with E-state index in [0.717, 1.165) is 15.6 Å². The zero-order chi connectivity index (χ0) is 18.2. The first kappa shape index (κ1) is 19.3. The van der Waals surface area contributed by atoms with Gasteiger partial charge in [0.1, 0.15) is 0 Å². The molecule has 5 nitrogen and oxygen atoms in total. The molecule has 0 aliphatic carbocycles. The summed E-state index contributed by atoms with van der Waals surface area (Å²) in [5.41, 5.74) is 4.13. The van der Waals surface area contributed by atoms with Gasteiger partial charge in [-0.15, -0.1) is 0 Å². The van der Waals surface area contributed by atoms with Crippen LogP contribution in [0.2, 0.25) is 5.02 Å². The molecule has 2 aromatic rings. The maximum absolute atomic E-state index is 11.9. The molecule has 0 heterocycles. The van der Waals surface area contributed by atoms with Gasteiger partial charge < -0.3 is 9.47 Å². The van der Waals surface area contributed by atoms with Crippen molar-refractivity contribution in [1.82, 2.24) is 5.43 Å². The van der Waals surface area contributed by atoms with E-state index in [1.54, 1.807) is 43.7 Å². The molecular weight excluding hydrogens is 408 g/mol. The maximum Gasteiger partial charge on any atom is 0.244 e. The van der Waals surface area contributed by atoms with Crippen LogP contribution in [0.15, 0.2) is 46.0 Å². The Bertz CT molecular complexity index is 764. The second-order valence-corrected chi connectivity index (χ2v) is 6.35. The molecule has 0 unspecified atom stereocenters. The minimum Gasteiger partial charge on any atom is -0.493 e. The van der Waals surface area contributed by atoms with Crippen LogP contribution in [0, 0.1) is 0 Å². The van der Waals surface area contributed by atoms with E-state index >= 15 is 0 Å². The number of hydrogen-bond acceptors (Lipinski definition) is 4. The topological polar surface area (TPSA) is 59.9 Å². The predicted molar refractivity (Wildman–Crippen MR) is 103 cm³/mol. The van der Waals surface area contributed by atoms with E-state index in [4.69, 9.17) is 21.1 Å². The molecule has 2 aromatic carbocycles. The number of amides is 1. The van der Waals surface area contributed by atoms with Crippen molar-refractivity contribution in [2.24, 2.45) is 5.10 Å². The minimum atomic E-state index is -0.212. The van der Waals surface area contributed by atoms with Crippen molar-refractivity contribution in [1.29, 1.82) is 0 Å². The summed E-state index contributed by atoms with van der Waals surface area (Å²) < 4.78 is 11.6. The Kier molecular flexibility index (Phi) is 7.28. The van der Waals surface area contributed by atoms with Crippen molar-refractivity contribution < 1.29 is 14.3 Å². The van der Waals surface area contributed by atoms with Gasteiger partial charge >= 0.3 is 0 Å². The lowest BCUT2D eigenvalue weighted by Gasteiger charge is -2.11. The molecule has 0 aromatic heterocycles. The fraction of sp³-hybridized carbons (Fsp3) is 0.222. The van der Waals surface area contributed by atoms with Gasteiger partial charge in [0, 0.05) is 5.02 Å². The van der Waals surface area contributed by atoms with E-state index in [1.165, 1.54) is 0 Å². The Balaban J connectivity index is 2.00. The average molecular weight is 426 g/mol. The molecule has 0 bridgehead atoms. The number of hydrogen-bond donors (Lipinski definition) is 1. The normalized spacial score (nSPS) is 10.7. The summed E-state index contributed by atoms with van der Waals surface area (Å²) in [4.78, 5) is 11.9. The highest BCUT2D eigenvalue weighted by molar-refractivity contribution is 9.10. The van der Waals surface area contributed by atoms with Crippen LogP contribution in [0.25, 0.3) is 0 Å². The number of hydrazone groups is 1. The van der Waals surface area contributed by atoms with Crippen LogP contribution < -0.4 is 14.9 Å². The zero-order valence-corrected chi connectivity index (χ0v) is 16.2. The summed E-state index contributed by atoms with van der Waals surface area (Å²) in [7, 11) is 1.57. The number of carbonyl (C=O) groups is 1. The van der Waals surface area contributed by atoms with Crippen LogP contribution in [0.4, 0.5) is 0 Å². The molecule has 0 saturated heterocycles. The molecule has 1 amide bonds. The fourth-order valence-electron chi connectivity index (χ4n) is 2.10. The van der Waals surface area contributed by atoms with E-state index in [2.05, 4.69) is 26.5 Å². The van der Waals surface area contributed by atoms with E-state index in [0.29, 0.717) is 23.1 Å². The number of halogens is 2. The number of carbonyl (C=O) groups excluding carboxylic acids is 1. The lowest BCUT2D eigenvalue weighted by Crippen LogP contribution is -2.19. The monoisotopic (exact) mass is 424 g/mol.